The number of rotatable bonds is 6. The van der Waals surface area contributed by atoms with E-state index in [4.69, 9.17) is 4.74 Å². The van der Waals surface area contributed by atoms with Crippen LogP contribution in [0.4, 0.5) is 23.4 Å². The van der Waals surface area contributed by atoms with Crippen LogP contribution in [0.1, 0.15) is 37.4 Å². The second kappa shape index (κ2) is 8.89. The summed E-state index contributed by atoms with van der Waals surface area (Å²) >= 11 is 0. The van der Waals surface area contributed by atoms with Gasteiger partial charge in [0, 0.05) is 19.5 Å². The van der Waals surface area contributed by atoms with Crippen LogP contribution in [0.5, 0.6) is 5.75 Å². The van der Waals surface area contributed by atoms with Gasteiger partial charge in [0.2, 0.25) is 5.91 Å². The molecule has 9 heteroatoms. The van der Waals surface area contributed by atoms with Gasteiger partial charge < -0.3 is 15.0 Å². The average Bonchev–Trinajstić information content (AvgIpc) is 3.16. The van der Waals surface area contributed by atoms with Crippen molar-refractivity contribution < 1.29 is 27.1 Å². The van der Waals surface area contributed by atoms with Crippen molar-refractivity contribution in [3.05, 3.63) is 53.5 Å². The standard InChI is InChI=1S/C21H23F4N3O2/c1-3-26-20(29)13(2)14-4-6-15(7-5-14)30-16-10-11-28(12-16)18-9-8-17(22)19(27-18)21(23,24)25/h4-9,13,16H,3,10-12H2,1-2H3,(H,26,29). The SMILES string of the molecule is CCNC(=O)C(C)c1ccc(OC2CCN(c3ccc(F)c(C(F)(F)F)n3)C2)cc1. The molecule has 1 aliphatic rings. The predicted octanol–water partition coefficient (Wildman–Crippen LogP) is 4.14. The highest BCUT2D eigenvalue weighted by molar-refractivity contribution is 5.83. The first kappa shape index (κ1) is 21.9. The molecule has 2 atom stereocenters. The number of pyridine rings is 1. The Kier molecular flexibility index (Phi) is 6.48. The van der Waals surface area contributed by atoms with Gasteiger partial charge in [0.15, 0.2) is 11.5 Å². The Hall–Kier alpha value is -2.84. The minimum absolute atomic E-state index is 0.0531. The lowest BCUT2D eigenvalue weighted by molar-refractivity contribution is -0.143. The van der Waals surface area contributed by atoms with Gasteiger partial charge in [-0.2, -0.15) is 13.2 Å². The number of hydrogen-bond donors (Lipinski definition) is 1. The summed E-state index contributed by atoms with van der Waals surface area (Å²) in [7, 11) is 0. The van der Waals surface area contributed by atoms with Crippen LogP contribution < -0.4 is 15.0 Å². The highest BCUT2D eigenvalue weighted by atomic mass is 19.4. The van der Waals surface area contributed by atoms with Gasteiger partial charge in [-0.25, -0.2) is 9.37 Å². The predicted molar refractivity (Wildman–Crippen MR) is 104 cm³/mol. The third kappa shape index (κ3) is 5.01. The number of anilines is 1. The topological polar surface area (TPSA) is 54.5 Å². The molecule has 1 N–H and O–H groups in total. The molecular weight excluding hydrogens is 402 g/mol. The molecule has 1 amide bonds. The number of hydrogen-bond acceptors (Lipinski definition) is 4. The van der Waals surface area contributed by atoms with Crippen molar-refractivity contribution in [2.75, 3.05) is 24.5 Å². The summed E-state index contributed by atoms with van der Waals surface area (Å²) in [5.74, 6) is -1.05. The number of nitrogens with zero attached hydrogens (tertiary/aromatic N) is 2. The highest BCUT2D eigenvalue weighted by Gasteiger charge is 2.37. The fourth-order valence-corrected chi connectivity index (χ4v) is 3.35. The quantitative estimate of drug-likeness (QED) is 0.707. The maximum Gasteiger partial charge on any atom is 0.436 e. The van der Waals surface area contributed by atoms with Crippen LogP contribution in [-0.4, -0.2) is 36.6 Å². The molecule has 2 aromatic rings. The van der Waals surface area contributed by atoms with E-state index in [1.165, 1.54) is 6.07 Å². The first-order valence-corrected chi connectivity index (χ1v) is 9.72. The van der Waals surface area contributed by atoms with Crippen LogP contribution in [0.15, 0.2) is 36.4 Å². The zero-order valence-corrected chi connectivity index (χ0v) is 16.7. The normalized spacial score (nSPS) is 17.7. The Morgan fingerprint density at radius 1 is 1.27 bits per heavy atom. The molecule has 5 nitrogen and oxygen atoms in total. The molecule has 0 saturated carbocycles. The van der Waals surface area contributed by atoms with Crippen molar-refractivity contribution in [3.8, 4) is 5.75 Å². The molecule has 1 aromatic carbocycles. The Balaban J connectivity index is 1.62. The number of aromatic nitrogens is 1. The smallest absolute Gasteiger partial charge is 0.436 e. The molecule has 0 radical (unpaired) electrons. The van der Waals surface area contributed by atoms with Crippen LogP contribution in [0, 0.1) is 5.82 Å². The molecule has 1 aliphatic heterocycles. The fourth-order valence-electron chi connectivity index (χ4n) is 3.35. The van der Waals surface area contributed by atoms with Crippen molar-refractivity contribution >= 4 is 11.7 Å². The zero-order chi connectivity index (χ0) is 21.9. The molecule has 0 spiro atoms. The highest BCUT2D eigenvalue weighted by Crippen LogP contribution is 2.32. The molecule has 2 unspecified atom stereocenters. The second-order valence-electron chi connectivity index (χ2n) is 7.16. The molecule has 0 bridgehead atoms. The second-order valence-corrected chi connectivity index (χ2v) is 7.16. The Morgan fingerprint density at radius 3 is 2.60 bits per heavy atom. The van der Waals surface area contributed by atoms with E-state index >= 15 is 0 Å². The molecule has 1 saturated heterocycles. The lowest BCUT2D eigenvalue weighted by Gasteiger charge is -2.19. The minimum atomic E-state index is -4.84. The molecular formula is C21H23F4N3O2. The number of carbonyl (C=O) groups is 1. The summed E-state index contributed by atoms with van der Waals surface area (Å²) in [5.41, 5.74) is -0.655. The van der Waals surface area contributed by atoms with Crippen molar-refractivity contribution in [3.63, 3.8) is 0 Å². The zero-order valence-electron chi connectivity index (χ0n) is 16.7. The van der Waals surface area contributed by atoms with Crippen LogP contribution in [-0.2, 0) is 11.0 Å². The molecule has 3 rings (SSSR count). The van der Waals surface area contributed by atoms with Crippen molar-refractivity contribution in [1.29, 1.82) is 0 Å². The summed E-state index contributed by atoms with van der Waals surface area (Å²) in [6, 6.07) is 9.20. The molecule has 1 fully saturated rings. The fraction of sp³-hybridized carbons (Fsp3) is 0.429. The number of carbonyl (C=O) groups excluding carboxylic acids is 1. The number of halogens is 4. The largest absolute Gasteiger partial charge is 0.489 e. The van der Waals surface area contributed by atoms with Crippen LogP contribution in [0.2, 0.25) is 0 Å². The van der Waals surface area contributed by atoms with Gasteiger partial charge >= 0.3 is 6.18 Å². The van der Waals surface area contributed by atoms with Gasteiger partial charge in [-0.3, -0.25) is 4.79 Å². The number of alkyl halides is 3. The average molecular weight is 425 g/mol. The van der Waals surface area contributed by atoms with Crippen LogP contribution >= 0.6 is 0 Å². The molecule has 162 valence electrons. The lowest BCUT2D eigenvalue weighted by atomic mass is 10.0. The summed E-state index contributed by atoms with van der Waals surface area (Å²) in [4.78, 5) is 17.0. The molecule has 2 heterocycles. The minimum Gasteiger partial charge on any atom is -0.489 e. The lowest BCUT2D eigenvalue weighted by Crippen LogP contribution is -2.27. The Bertz CT molecular complexity index is 887. The number of likely N-dealkylation sites (N-methyl/N-ethyl adjacent to an activating group) is 1. The third-order valence-corrected chi connectivity index (χ3v) is 5.00. The maximum absolute atomic E-state index is 13.4. The van der Waals surface area contributed by atoms with E-state index in [1.54, 1.807) is 17.0 Å². The van der Waals surface area contributed by atoms with E-state index in [9.17, 15) is 22.4 Å². The van der Waals surface area contributed by atoms with E-state index in [1.807, 2.05) is 26.0 Å². The van der Waals surface area contributed by atoms with Crippen molar-refractivity contribution in [2.24, 2.45) is 0 Å². The van der Waals surface area contributed by atoms with E-state index in [0.717, 1.165) is 11.6 Å². The number of benzene rings is 1. The summed E-state index contributed by atoms with van der Waals surface area (Å²) in [5, 5.41) is 2.78. The van der Waals surface area contributed by atoms with Gasteiger partial charge in [0.1, 0.15) is 17.7 Å². The number of amides is 1. The van der Waals surface area contributed by atoms with E-state index < -0.39 is 17.7 Å². The Morgan fingerprint density at radius 2 is 1.97 bits per heavy atom. The van der Waals surface area contributed by atoms with E-state index in [-0.39, 0.29) is 23.7 Å². The summed E-state index contributed by atoms with van der Waals surface area (Å²) < 4.78 is 58.0. The third-order valence-electron chi connectivity index (χ3n) is 5.00. The monoisotopic (exact) mass is 425 g/mol. The number of nitrogens with one attached hydrogen (secondary N) is 1. The molecule has 1 aromatic heterocycles. The van der Waals surface area contributed by atoms with Gasteiger partial charge in [-0.05, 0) is 43.7 Å². The Labute approximate surface area is 172 Å². The van der Waals surface area contributed by atoms with Gasteiger partial charge in [0.25, 0.3) is 0 Å². The number of ether oxygens (including phenoxy) is 1. The first-order chi connectivity index (χ1) is 14.2. The van der Waals surface area contributed by atoms with Crippen LogP contribution in [0.25, 0.3) is 0 Å². The summed E-state index contributed by atoms with van der Waals surface area (Å²) in [6.07, 6.45) is -4.49. The molecule has 0 aliphatic carbocycles. The summed E-state index contributed by atoms with van der Waals surface area (Å²) in [6.45, 7) is 5.04. The molecule has 30 heavy (non-hydrogen) atoms. The van der Waals surface area contributed by atoms with Gasteiger partial charge in [-0.1, -0.05) is 12.1 Å². The maximum atomic E-state index is 13.4. The van der Waals surface area contributed by atoms with E-state index in [2.05, 4.69) is 10.3 Å². The van der Waals surface area contributed by atoms with Gasteiger partial charge in [-0.15, -0.1) is 0 Å². The van der Waals surface area contributed by atoms with E-state index in [0.29, 0.717) is 31.8 Å². The first-order valence-electron chi connectivity index (χ1n) is 9.72. The van der Waals surface area contributed by atoms with Crippen molar-refractivity contribution in [2.45, 2.75) is 38.5 Å². The van der Waals surface area contributed by atoms with Crippen molar-refractivity contribution in [1.82, 2.24) is 10.3 Å². The van der Waals surface area contributed by atoms with Crippen LogP contribution in [0.3, 0.4) is 0 Å². The van der Waals surface area contributed by atoms with Gasteiger partial charge in [0.05, 0.1) is 12.5 Å².